The molecule has 1 atom stereocenters. The largest absolute Gasteiger partial charge is 0.376 e. The van der Waals surface area contributed by atoms with Crippen molar-refractivity contribution in [1.82, 2.24) is 14.9 Å². The van der Waals surface area contributed by atoms with E-state index in [4.69, 9.17) is 4.74 Å². The SMILES string of the molecule is O=C(CN(CCc1ccccc1)C(=O)CNS(=O)(=O)c1ccc(F)cc1)NC[C@@H]1CCCO1. The van der Waals surface area contributed by atoms with Gasteiger partial charge >= 0.3 is 0 Å². The van der Waals surface area contributed by atoms with E-state index in [9.17, 15) is 22.4 Å². The van der Waals surface area contributed by atoms with Crippen molar-refractivity contribution in [2.45, 2.75) is 30.3 Å². The van der Waals surface area contributed by atoms with Crippen LogP contribution >= 0.6 is 0 Å². The van der Waals surface area contributed by atoms with Crippen molar-refractivity contribution in [3.63, 3.8) is 0 Å². The molecule has 10 heteroatoms. The van der Waals surface area contributed by atoms with Gasteiger partial charge in [-0.3, -0.25) is 9.59 Å². The van der Waals surface area contributed by atoms with Crippen LogP contribution in [0.5, 0.6) is 0 Å². The second kappa shape index (κ2) is 11.9. The maximum Gasteiger partial charge on any atom is 0.241 e. The predicted molar refractivity (Wildman–Crippen MR) is 120 cm³/mol. The molecule has 0 radical (unpaired) electrons. The Morgan fingerprint density at radius 3 is 2.48 bits per heavy atom. The molecule has 0 aromatic heterocycles. The fraction of sp³-hybridized carbons (Fsp3) is 0.391. The van der Waals surface area contributed by atoms with Gasteiger partial charge in [0.25, 0.3) is 0 Å². The van der Waals surface area contributed by atoms with Crippen LogP contribution in [0.3, 0.4) is 0 Å². The summed E-state index contributed by atoms with van der Waals surface area (Å²) in [6.07, 6.45) is 2.32. The van der Waals surface area contributed by atoms with Crippen LogP contribution in [0, 0.1) is 5.82 Å². The number of nitrogens with zero attached hydrogens (tertiary/aromatic N) is 1. The van der Waals surface area contributed by atoms with E-state index in [1.54, 1.807) is 0 Å². The smallest absolute Gasteiger partial charge is 0.241 e. The summed E-state index contributed by atoms with van der Waals surface area (Å²) in [6, 6.07) is 13.8. The Balaban J connectivity index is 1.60. The van der Waals surface area contributed by atoms with Crippen molar-refractivity contribution in [2.75, 3.05) is 32.8 Å². The number of halogens is 1. The first kappa shape index (κ1) is 24.8. The van der Waals surface area contributed by atoms with E-state index in [0.29, 0.717) is 19.6 Å². The number of sulfonamides is 1. The number of nitrogens with one attached hydrogen (secondary N) is 2. The molecule has 0 saturated carbocycles. The van der Waals surface area contributed by atoms with Gasteiger partial charge in [0.1, 0.15) is 5.82 Å². The lowest BCUT2D eigenvalue weighted by Gasteiger charge is -2.23. The molecule has 33 heavy (non-hydrogen) atoms. The number of carbonyl (C=O) groups excluding carboxylic acids is 2. The van der Waals surface area contributed by atoms with Crippen molar-refractivity contribution in [3.8, 4) is 0 Å². The van der Waals surface area contributed by atoms with E-state index in [1.165, 1.54) is 4.90 Å². The number of benzene rings is 2. The third-order valence-corrected chi connectivity index (χ3v) is 6.71. The molecule has 1 aliphatic heterocycles. The lowest BCUT2D eigenvalue weighted by Crippen LogP contribution is -2.46. The van der Waals surface area contributed by atoms with Crippen LogP contribution in [-0.2, 0) is 30.8 Å². The second-order valence-corrected chi connectivity index (χ2v) is 9.54. The highest BCUT2D eigenvalue weighted by Crippen LogP contribution is 2.11. The van der Waals surface area contributed by atoms with Crippen molar-refractivity contribution in [2.24, 2.45) is 0 Å². The number of ether oxygens (including phenoxy) is 1. The molecule has 1 heterocycles. The fourth-order valence-corrected chi connectivity index (χ4v) is 4.40. The summed E-state index contributed by atoms with van der Waals surface area (Å²) in [5.41, 5.74) is 0.988. The van der Waals surface area contributed by atoms with Gasteiger partial charge in [0.2, 0.25) is 21.8 Å². The molecule has 1 saturated heterocycles. The molecule has 2 aromatic rings. The van der Waals surface area contributed by atoms with Crippen LogP contribution < -0.4 is 10.0 Å². The normalized spacial score (nSPS) is 15.8. The Labute approximate surface area is 193 Å². The molecule has 0 spiro atoms. The number of hydrogen-bond acceptors (Lipinski definition) is 5. The molecule has 0 bridgehead atoms. The summed E-state index contributed by atoms with van der Waals surface area (Å²) in [7, 11) is -4.00. The summed E-state index contributed by atoms with van der Waals surface area (Å²) >= 11 is 0. The Morgan fingerprint density at radius 1 is 1.09 bits per heavy atom. The molecule has 3 rings (SSSR count). The highest BCUT2D eigenvalue weighted by Gasteiger charge is 2.22. The molecule has 178 valence electrons. The second-order valence-electron chi connectivity index (χ2n) is 7.77. The first-order chi connectivity index (χ1) is 15.8. The van der Waals surface area contributed by atoms with Gasteiger partial charge in [-0.25, -0.2) is 17.5 Å². The lowest BCUT2D eigenvalue weighted by atomic mass is 10.1. The average molecular weight is 478 g/mol. The highest BCUT2D eigenvalue weighted by atomic mass is 32.2. The predicted octanol–water partition coefficient (Wildman–Crippen LogP) is 1.47. The minimum Gasteiger partial charge on any atom is -0.376 e. The van der Waals surface area contributed by atoms with Crippen molar-refractivity contribution < 1.29 is 27.1 Å². The van der Waals surface area contributed by atoms with E-state index in [2.05, 4.69) is 10.0 Å². The zero-order valence-corrected chi connectivity index (χ0v) is 19.0. The minimum absolute atomic E-state index is 0.0232. The third-order valence-electron chi connectivity index (χ3n) is 5.29. The molecular weight excluding hydrogens is 449 g/mol. The number of rotatable bonds is 11. The van der Waals surface area contributed by atoms with Gasteiger partial charge in [-0.15, -0.1) is 0 Å². The van der Waals surface area contributed by atoms with Gasteiger partial charge in [0, 0.05) is 19.7 Å². The van der Waals surface area contributed by atoms with Gasteiger partial charge in [-0.2, -0.15) is 0 Å². The first-order valence-electron chi connectivity index (χ1n) is 10.8. The van der Waals surface area contributed by atoms with Crippen LogP contribution in [-0.4, -0.2) is 64.0 Å². The van der Waals surface area contributed by atoms with Gasteiger partial charge < -0.3 is 15.0 Å². The van der Waals surface area contributed by atoms with Gasteiger partial charge in [-0.1, -0.05) is 30.3 Å². The molecule has 0 aliphatic carbocycles. The van der Waals surface area contributed by atoms with Crippen LogP contribution in [0.15, 0.2) is 59.5 Å². The zero-order chi connectivity index (χ0) is 23.7. The summed E-state index contributed by atoms with van der Waals surface area (Å²) in [6.45, 7) is 0.575. The van der Waals surface area contributed by atoms with Gasteiger partial charge in [0.15, 0.2) is 0 Å². The third kappa shape index (κ3) is 7.92. The Morgan fingerprint density at radius 2 is 1.82 bits per heavy atom. The summed E-state index contributed by atoms with van der Waals surface area (Å²) in [4.78, 5) is 26.4. The van der Waals surface area contributed by atoms with E-state index >= 15 is 0 Å². The molecular formula is C23H28FN3O5S. The van der Waals surface area contributed by atoms with E-state index in [0.717, 1.165) is 42.7 Å². The molecule has 2 N–H and O–H groups in total. The number of carbonyl (C=O) groups is 2. The van der Waals surface area contributed by atoms with E-state index in [-0.39, 0.29) is 30.0 Å². The molecule has 2 aromatic carbocycles. The molecule has 1 aliphatic rings. The Kier molecular flexibility index (Phi) is 8.93. The van der Waals surface area contributed by atoms with Crippen molar-refractivity contribution in [1.29, 1.82) is 0 Å². The standard InChI is InChI=1S/C23H28FN3O5S/c24-19-8-10-21(11-9-19)33(30,31)26-16-23(29)27(13-12-18-5-2-1-3-6-18)17-22(28)25-15-20-7-4-14-32-20/h1-3,5-6,8-11,20,26H,4,7,12-17H2,(H,25,28)/t20-/m0/s1. The van der Waals surface area contributed by atoms with Crippen LogP contribution in [0.25, 0.3) is 0 Å². The lowest BCUT2D eigenvalue weighted by molar-refractivity contribution is -0.135. The highest BCUT2D eigenvalue weighted by molar-refractivity contribution is 7.89. The van der Waals surface area contributed by atoms with Crippen molar-refractivity contribution >= 4 is 21.8 Å². The maximum atomic E-state index is 13.1. The summed E-state index contributed by atoms with van der Waals surface area (Å²) in [5, 5.41) is 2.78. The fourth-order valence-electron chi connectivity index (χ4n) is 3.43. The quantitative estimate of drug-likeness (QED) is 0.510. The van der Waals surface area contributed by atoms with Crippen molar-refractivity contribution in [3.05, 3.63) is 66.0 Å². The monoisotopic (exact) mass is 477 g/mol. The minimum atomic E-state index is -4.00. The van der Waals surface area contributed by atoms with Crippen LogP contribution in [0.2, 0.25) is 0 Å². The van der Waals surface area contributed by atoms with E-state index < -0.39 is 28.3 Å². The Bertz CT molecular complexity index is 1030. The van der Waals surface area contributed by atoms with Gasteiger partial charge in [-0.05, 0) is 49.1 Å². The molecule has 2 amide bonds. The first-order valence-corrected chi connectivity index (χ1v) is 12.3. The molecule has 8 nitrogen and oxygen atoms in total. The average Bonchev–Trinajstić information content (AvgIpc) is 3.33. The van der Waals surface area contributed by atoms with Crippen LogP contribution in [0.1, 0.15) is 18.4 Å². The number of amides is 2. The molecule has 0 unspecified atom stereocenters. The summed E-state index contributed by atoms with van der Waals surface area (Å²) in [5.74, 6) is -1.44. The molecule has 1 fully saturated rings. The Hall–Kier alpha value is -2.82. The van der Waals surface area contributed by atoms with E-state index in [1.807, 2.05) is 30.3 Å². The maximum absolute atomic E-state index is 13.1. The van der Waals surface area contributed by atoms with Crippen LogP contribution in [0.4, 0.5) is 4.39 Å². The zero-order valence-electron chi connectivity index (χ0n) is 18.2. The topological polar surface area (TPSA) is 105 Å². The summed E-state index contributed by atoms with van der Waals surface area (Å²) < 4.78 is 45.7. The number of hydrogen-bond donors (Lipinski definition) is 2. The van der Waals surface area contributed by atoms with Gasteiger partial charge in [0.05, 0.1) is 24.1 Å².